The van der Waals surface area contributed by atoms with Crippen LogP contribution in [0.15, 0.2) is 24.3 Å². The second-order valence-corrected chi connectivity index (χ2v) is 5.33. The fourth-order valence-corrected chi connectivity index (χ4v) is 2.55. The molecule has 0 radical (unpaired) electrons. The van der Waals surface area contributed by atoms with Crippen LogP contribution >= 0.6 is 8.69 Å². The highest BCUT2D eigenvalue weighted by Crippen LogP contribution is 2.23. The summed E-state index contributed by atoms with van der Waals surface area (Å²) in [7, 11) is -0.270. The van der Waals surface area contributed by atoms with Gasteiger partial charge in [-0.1, -0.05) is 70.1 Å². The molecule has 0 aliphatic rings. The summed E-state index contributed by atoms with van der Waals surface area (Å²) in [6.45, 7) is 2.25. The van der Waals surface area contributed by atoms with E-state index in [-0.39, 0.29) is 8.69 Å². The molecule has 0 aliphatic heterocycles. The molecule has 0 aromatic heterocycles. The number of unbranched alkanes of at least 4 members (excludes halogenated alkanes) is 7. The molecule has 0 N–H and O–H groups in total. The Morgan fingerprint density at radius 2 is 1.58 bits per heavy atom. The van der Waals surface area contributed by atoms with Gasteiger partial charge in [0.2, 0.25) is 0 Å². The molecule has 1 aromatic rings. The molecular weight excluding hydrogens is 255 g/mol. The summed E-state index contributed by atoms with van der Waals surface area (Å²) >= 11 is 0. The molecule has 0 aliphatic carbocycles. The number of aryl methyl sites for hydroxylation is 1. The highest BCUT2D eigenvalue weighted by Gasteiger charge is 2.02. The Morgan fingerprint density at radius 3 is 2.26 bits per heavy atom. The Hall–Kier alpha value is -0.880. The molecule has 0 heterocycles. The fraction of sp³-hybridized carbons (Fsp3) is 0.625. The van der Waals surface area contributed by atoms with Crippen LogP contribution < -0.4 is 4.52 Å². The van der Waals surface area contributed by atoms with Gasteiger partial charge in [0, 0.05) is 0 Å². The van der Waals surface area contributed by atoms with E-state index in [0.29, 0.717) is 0 Å². The van der Waals surface area contributed by atoms with E-state index >= 15 is 0 Å². The van der Waals surface area contributed by atoms with Crippen LogP contribution in [0, 0.1) is 0 Å². The third-order valence-electron chi connectivity index (χ3n) is 3.41. The molecule has 0 spiro atoms. The molecular formula is C16H25O2P. The van der Waals surface area contributed by atoms with Crippen molar-refractivity contribution in [3.05, 3.63) is 29.8 Å². The molecule has 0 saturated heterocycles. The number of rotatable bonds is 11. The number of benzene rings is 1. The molecule has 1 rings (SSSR count). The summed E-state index contributed by atoms with van der Waals surface area (Å²) < 4.78 is 15.6. The molecule has 0 saturated carbocycles. The van der Waals surface area contributed by atoms with E-state index in [1.54, 1.807) is 0 Å². The molecule has 19 heavy (non-hydrogen) atoms. The third-order valence-corrected chi connectivity index (χ3v) is 3.68. The topological polar surface area (TPSA) is 26.3 Å². The van der Waals surface area contributed by atoms with Crippen LogP contribution in [0.4, 0.5) is 0 Å². The maximum atomic E-state index is 10.5. The van der Waals surface area contributed by atoms with Crippen LogP contribution in [-0.4, -0.2) is 0 Å². The Bertz CT molecular complexity index is 352. The standard InChI is InChI=1S/C16H25O2P/c1-2-3-4-5-6-7-8-9-12-15-13-10-11-14-16(15)18-19-17/h10-11,13-14H,2-9,12H2,1H3. The minimum absolute atomic E-state index is 0.270. The largest absolute Gasteiger partial charge is 0.407 e. The molecule has 0 bridgehead atoms. The second kappa shape index (κ2) is 11.0. The maximum Gasteiger partial charge on any atom is 0.395 e. The van der Waals surface area contributed by atoms with Gasteiger partial charge in [-0.25, -0.2) is 4.57 Å². The van der Waals surface area contributed by atoms with Crippen LogP contribution in [0.5, 0.6) is 5.75 Å². The van der Waals surface area contributed by atoms with Crippen LogP contribution in [-0.2, 0) is 11.0 Å². The molecule has 0 atom stereocenters. The Kier molecular flexibility index (Phi) is 9.36. The van der Waals surface area contributed by atoms with Crippen molar-refractivity contribution in [3.8, 4) is 5.75 Å². The molecule has 3 heteroatoms. The van der Waals surface area contributed by atoms with Gasteiger partial charge in [0.25, 0.3) is 0 Å². The van der Waals surface area contributed by atoms with Gasteiger partial charge in [0.1, 0.15) is 5.75 Å². The number of hydrogen-bond acceptors (Lipinski definition) is 2. The lowest BCUT2D eigenvalue weighted by Gasteiger charge is -2.06. The van der Waals surface area contributed by atoms with Crippen molar-refractivity contribution < 1.29 is 9.09 Å². The van der Waals surface area contributed by atoms with Crippen LogP contribution in [0.3, 0.4) is 0 Å². The minimum atomic E-state index is -0.270. The summed E-state index contributed by atoms with van der Waals surface area (Å²) in [6.07, 6.45) is 11.6. The molecule has 0 amide bonds. The Morgan fingerprint density at radius 1 is 0.947 bits per heavy atom. The van der Waals surface area contributed by atoms with E-state index in [0.717, 1.165) is 17.7 Å². The van der Waals surface area contributed by atoms with Gasteiger partial charge in [-0.15, -0.1) is 0 Å². The van der Waals surface area contributed by atoms with Gasteiger partial charge in [0.15, 0.2) is 0 Å². The lowest BCUT2D eigenvalue weighted by Crippen LogP contribution is -1.89. The third kappa shape index (κ3) is 7.32. The van der Waals surface area contributed by atoms with Crippen molar-refractivity contribution in [2.75, 3.05) is 0 Å². The summed E-state index contributed by atoms with van der Waals surface area (Å²) in [5.41, 5.74) is 1.16. The molecule has 106 valence electrons. The zero-order chi connectivity index (χ0) is 13.8. The normalized spacial score (nSPS) is 10.8. The highest BCUT2D eigenvalue weighted by atomic mass is 31.1. The van der Waals surface area contributed by atoms with E-state index in [4.69, 9.17) is 4.52 Å². The predicted molar refractivity (Wildman–Crippen MR) is 81.0 cm³/mol. The number of para-hydroxylation sites is 1. The first-order chi connectivity index (χ1) is 9.38. The Labute approximate surface area is 118 Å². The van der Waals surface area contributed by atoms with E-state index in [1.807, 2.05) is 18.2 Å². The first-order valence-electron chi connectivity index (χ1n) is 7.46. The van der Waals surface area contributed by atoms with Crippen molar-refractivity contribution in [1.82, 2.24) is 0 Å². The molecule has 0 unspecified atom stereocenters. The molecule has 1 aromatic carbocycles. The summed E-state index contributed by atoms with van der Waals surface area (Å²) in [6, 6.07) is 7.86. The van der Waals surface area contributed by atoms with E-state index in [1.165, 1.54) is 51.4 Å². The van der Waals surface area contributed by atoms with Crippen molar-refractivity contribution in [2.45, 2.75) is 64.7 Å². The molecule has 2 nitrogen and oxygen atoms in total. The summed E-state index contributed by atoms with van der Waals surface area (Å²) in [5.74, 6) is 0.752. The first-order valence-corrected chi connectivity index (χ1v) is 8.19. The average Bonchev–Trinajstić information content (AvgIpc) is 2.44. The van der Waals surface area contributed by atoms with E-state index in [9.17, 15) is 4.57 Å². The van der Waals surface area contributed by atoms with Crippen molar-refractivity contribution in [2.24, 2.45) is 0 Å². The monoisotopic (exact) mass is 280 g/mol. The summed E-state index contributed by atoms with van der Waals surface area (Å²) in [5, 5.41) is 0. The van der Waals surface area contributed by atoms with Gasteiger partial charge in [-0.05, 0) is 24.5 Å². The fourth-order valence-electron chi connectivity index (χ4n) is 2.29. The van der Waals surface area contributed by atoms with Crippen LogP contribution in [0.25, 0.3) is 0 Å². The second-order valence-electron chi connectivity index (χ2n) is 5.00. The minimum Gasteiger partial charge on any atom is -0.407 e. The zero-order valence-corrected chi connectivity index (χ0v) is 12.8. The van der Waals surface area contributed by atoms with E-state index in [2.05, 4.69) is 13.0 Å². The van der Waals surface area contributed by atoms with Crippen LogP contribution in [0.2, 0.25) is 0 Å². The predicted octanol–water partition coefficient (Wildman–Crippen LogP) is 5.96. The van der Waals surface area contributed by atoms with Crippen molar-refractivity contribution in [3.63, 3.8) is 0 Å². The van der Waals surface area contributed by atoms with Gasteiger partial charge in [-0.2, -0.15) is 0 Å². The quantitative estimate of drug-likeness (QED) is 0.369. The summed E-state index contributed by atoms with van der Waals surface area (Å²) in [4.78, 5) is 0. The molecule has 0 fully saturated rings. The van der Waals surface area contributed by atoms with Gasteiger partial charge in [-0.3, -0.25) is 0 Å². The highest BCUT2D eigenvalue weighted by molar-refractivity contribution is 7.17. The maximum absolute atomic E-state index is 10.5. The van der Waals surface area contributed by atoms with Gasteiger partial charge < -0.3 is 4.52 Å². The van der Waals surface area contributed by atoms with Gasteiger partial charge >= 0.3 is 8.69 Å². The Balaban J connectivity index is 2.13. The smallest absolute Gasteiger partial charge is 0.395 e. The van der Waals surface area contributed by atoms with Gasteiger partial charge in [0.05, 0.1) is 0 Å². The lowest BCUT2D eigenvalue weighted by atomic mass is 10.0. The SMILES string of the molecule is CCCCCCCCCCc1ccccc1OP=O. The van der Waals surface area contributed by atoms with Crippen LogP contribution in [0.1, 0.15) is 63.9 Å². The zero-order valence-electron chi connectivity index (χ0n) is 11.9. The first kappa shape index (κ1) is 16.2. The number of hydrogen-bond donors (Lipinski definition) is 0. The average molecular weight is 280 g/mol. The lowest BCUT2D eigenvalue weighted by molar-refractivity contribution is 0.519. The van der Waals surface area contributed by atoms with Crippen molar-refractivity contribution in [1.29, 1.82) is 0 Å². The van der Waals surface area contributed by atoms with Crippen molar-refractivity contribution >= 4 is 8.69 Å². The van der Waals surface area contributed by atoms with E-state index < -0.39 is 0 Å².